The lowest BCUT2D eigenvalue weighted by Crippen LogP contribution is -2.49. The molecule has 1 saturated heterocycles. The molecule has 1 heterocycles. The van der Waals surface area contributed by atoms with E-state index in [0.717, 1.165) is 32.2 Å². The number of nitrogens with zero attached hydrogens (tertiary/aromatic N) is 1. The van der Waals surface area contributed by atoms with Crippen molar-refractivity contribution in [2.24, 2.45) is 5.41 Å². The maximum atomic E-state index is 13.1. The number of anilines is 1. The Morgan fingerprint density at radius 2 is 1.92 bits per heavy atom. The van der Waals surface area contributed by atoms with Crippen LogP contribution in [-0.4, -0.2) is 43.5 Å². The second-order valence-electron chi connectivity index (χ2n) is 7.16. The van der Waals surface area contributed by atoms with Crippen LogP contribution < -0.4 is 14.8 Å². The first-order valence-electron chi connectivity index (χ1n) is 9.40. The van der Waals surface area contributed by atoms with Gasteiger partial charge in [-0.2, -0.15) is 0 Å². The zero-order valence-corrected chi connectivity index (χ0v) is 15.8. The van der Waals surface area contributed by atoms with Crippen LogP contribution in [0.3, 0.4) is 0 Å². The third-order valence-corrected chi connectivity index (χ3v) is 5.59. The summed E-state index contributed by atoms with van der Waals surface area (Å²) in [6.45, 7) is 2.88. The number of ether oxygens (including phenoxy) is 2. The van der Waals surface area contributed by atoms with Gasteiger partial charge in [0.15, 0.2) is 11.5 Å². The van der Waals surface area contributed by atoms with E-state index in [1.807, 2.05) is 4.90 Å². The SMILES string of the molecule is CCC1CCCCN1C(=O)C1(C(=O)Nc2ccc(OC)c(OC)c2)CC1. The zero-order valence-electron chi connectivity index (χ0n) is 15.8. The quantitative estimate of drug-likeness (QED) is 0.791. The van der Waals surface area contributed by atoms with Crippen LogP contribution in [0.5, 0.6) is 11.5 Å². The smallest absolute Gasteiger partial charge is 0.240 e. The number of amides is 2. The van der Waals surface area contributed by atoms with Crippen LogP contribution in [0.2, 0.25) is 0 Å². The highest BCUT2D eigenvalue weighted by molar-refractivity contribution is 6.13. The zero-order chi connectivity index (χ0) is 18.7. The van der Waals surface area contributed by atoms with Gasteiger partial charge in [-0.05, 0) is 50.7 Å². The van der Waals surface area contributed by atoms with Gasteiger partial charge in [0.2, 0.25) is 11.8 Å². The second-order valence-corrected chi connectivity index (χ2v) is 7.16. The van der Waals surface area contributed by atoms with Gasteiger partial charge in [0.1, 0.15) is 5.41 Å². The molecule has 2 aliphatic rings. The Kier molecular flexibility index (Phi) is 5.39. The Balaban J connectivity index is 1.74. The highest BCUT2D eigenvalue weighted by Gasteiger charge is 2.58. The van der Waals surface area contributed by atoms with Crippen LogP contribution in [0.4, 0.5) is 5.69 Å². The number of piperidine rings is 1. The maximum absolute atomic E-state index is 13.1. The minimum atomic E-state index is -0.891. The average Bonchev–Trinajstić information content (AvgIpc) is 3.49. The van der Waals surface area contributed by atoms with Crippen molar-refractivity contribution < 1.29 is 19.1 Å². The van der Waals surface area contributed by atoms with E-state index in [1.165, 1.54) is 0 Å². The highest BCUT2D eigenvalue weighted by atomic mass is 16.5. The number of hydrogen-bond acceptors (Lipinski definition) is 4. The van der Waals surface area contributed by atoms with Crippen molar-refractivity contribution in [2.45, 2.75) is 51.5 Å². The van der Waals surface area contributed by atoms with Gasteiger partial charge >= 0.3 is 0 Å². The molecule has 1 aromatic rings. The van der Waals surface area contributed by atoms with Crippen LogP contribution in [0.1, 0.15) is 45.4 Å². The minimum Gasteiger partial charge on any atom is -0.493 e. The molecule has 0 radical (unpaired) electrons. The fourth-order valence-electron chi connectivity index (χ4n) is 3.80. The van der Waals surface area contributed by atoms with E-state index in [2.05, 4.69) is 12.2 Å². The molecule has 2 fully saturated rings. The lowest BCUT2D eigenvalue weighted by atomic mass is 9.95. The summed E-state index contributed by atoms with van der Waals surface area (Å²) in [4.78, 5) is 28.0. The first-order valence-corrected chi connectivity index (χ1v) is 9.40. The van der Waals surface area contributed by atoms with Crippen molar-refractivity contribution in [1.82, 2.24) is 4.90 Å². The number of nitrogens with one attached hydrogen (secondary N) is 1. The molecule has 6 nitrogen and oxygen atoms in total. The monoisotopic (exact) mass is 360 g/mol. The summed E-state index contributed by atoms with van der Waals surface area (Å²) in [5.41, 5.74) is -0.282. The van der Waals surface area contributed by atoms with Crippen LogP contribution in [0, 0.1) is 5.41 Å². The summed E-state index contributed by atoms with van der Waals surface area (Å²) >= 11 is 0. The van der Waals surface area contributed by atoms with Crippen molar-refractivity contribution in [3.05, 3.63) is 18.2 Å². The molecular formula is C20H28N2O4. The third kappa shape index (κ3) is 3.37. The molecule has 26 heavy (non-hydrogen) atoms. The highest BCUT2D eigenvalue weighted by Crippen LogP contribution is 2.49. The molecule has 142 valence electrons. The Hall–Kier alpha value is -2.24. The molecule has 1 N–H and O–H groups in total. The van der Waals surface area contributed by atoms with E-state index < -0.39 is 5.41 Å². The van der Waals surface area contributed by atoms with E-state index in [0.29, 0.717) is 30.0 Å². The van der Waals surface area contributed by atoms with Crippen molar-refractivity contribution in [3.63, 3.8) is 0 Å². The largest absolute Gasteiger partial charge is 0.493 e. The predicted molar refractivity (Wildman–Crippen MR) is 99.5 cm³/mol. The minimum absolute atomic E-state index is 0.00188. The molecule has 6 heteroatoms. The molecule has 0 bridgehead atoms. The summed E-state index contributed by atoms with van der Waals surface area (Å²) in [5, 5.41) is 2.90. The molecule has 0 aromatic heterocycles. The van der Waals surface area contributed by atoms with Crippen molar-refractivity contribution in [3.8, 4) is 11.5 Å². The first-order chi connectivity index (χ1) is 12.6. The first kappa shape index (κ1) is 18.5. The van der Waals surface area contributed by atoms with Crippen molar-refractivity contribution >= 4 is 17.5 Å². The molecule has 3 rings (SSSR count). The van der Waals surface area contributed by atoms with Crippen LogP contribution in [0.25, 0.3) is 0 Å². The van der Waals surface area contributed by atoms with Crippen LogP contribution >= 0.6 is 0 Å². The second kappa shape index (κ2) is 7.56. The molecular weight excluding hydrogens is 332 g/mol. The van der Waals surface area contributed by atoms with Gasteiger partial charge < -0.3 is 19.7 Å². The van der Waals surface area contributed by atoms with E-state index >= 15 is 0 Å². The molecule has 0 spiro atoms. The lowest BCUT2D eigenvalue weighted by Gasteiger charge is -2.37. The summed E-state index contributed by atoms with van der Waals surface area (Å²) in [6.07, 6.45) is 5.41. The summed E-state index contributed by atoms with van der Waals surface area (Å²) in [7, 11) is 3.12. The molecule has 1 unspecified atom stereocenters. The fraction of sp³-hybridized carbons (Fsp3) is 0.600. The number of rotatable bonds is 6. The summed E-state index contributed by atoms with van der Waals surface area (Å²) in [6, 6.07) is 5.48. The van der Waals surface area contributed by atoms with Gasteiger partial charge in [-0.25, -0.2) is 0 Å². The van der Waals surface area contributed by atoms with E-state index in [-0.39, 0.29) is 17.9 Å². The summed E-state index contributed by atoms with van der Waals surface area (Å²) in [5.74, 6) is 0.933. The van der Waals surface area contributed by atoms with E-state index in [1.54, 1.807) is 32.4 Å². The Labute approximate surface area is 154 Å². The van der Waals surface area contributed by atoms with Gasteiger partial charge in [-0.15, -0.1) is 0 Å². The predicted octanol–water partition coefficient (Wildman–Crippen LogP) is 3.21. The Bertz CT molecular complexity index is 684. The molecule has 1 aromatic carbocycles. The summed E-state index contributed by atoms with van der Waals surface area (Å²) < 4.78 is 10.5. The lowest BCUT2D eigenvalue weighted by molar-refractivity contribution is -0.145. The molecule has 1 aliphatic carbocycles. The standard InChI is InChI=1S/C20H28N2O4/c1-4-15-7-5-6-12-22(15)19(24)20(10-11-20)18(23)21-14-8-9-16(25-2)17(13-14)26-3/h8-9,13,15H,4-7,10-12H2,1-3H3,(H,21,23). The number of likely N-dealkylation sites (tertiary alicyclic amines) is 1. The number of carbonyl (C=O) groups excluding carboxylic acids is 2. The van der Waals surface area contributed by atoms with E-state index in [4.69, 9.17) is 9.47 Å². The van der Waals surface area contributed by atoms with E-state index in [9.17, 15) is 9.59 Å². The Morgan fingerprint density at radius 3 is 2.54 bits per heavy atom. The molecule has 1 saturated carbocycles. The van der Waals surface area contributed by atoms with Crippen molar-refractivity contribution in [1.29, 1.82) is 0 Å². The van der Waals surface area contributed by atoms with Crippen LogP contribution in [-0.2, 0) is 9.59 Å². The topological polar surface area (TPSA) is 67.9 Å². The maximum Gasteiger partial charge on any atom is 0.240 e. The van der Waals surface area contributed by atoms with Gasteiger partial charge in [-0.3, -0.25) is 9.59 Å². The molecule has 2 amide bonds. The number of hydrogen-bond donors (Lipinski definition) is 1. The fourth-order valence-corrected chi connectivity index (χ4v) is 3.80. The van der Waals surface area contributed by atoms with Gasteiger partial charge in [0.25, 0.3) is 0 Å². The van der Waals surface area contributed by atoms with Crippen LogP contribution in [0.15, 0.2) is 18.2 Å². The third-order valence-electron chi connectivity index (χ3n) is 5.59. The number of carbonyl (C=O) groups is 2. The van der Waals surface area contributed by atoms with Crippen molar-refractivity contribution in [2.75, 3.05) is 26.1 Å². The Morgan fingerprint density at radius 1 is 1.19 bits per heavy atom. The average molecular weight is 360 g/mol. The van der Waals surface area contributed by atoms with Gasteiger partial charge in [0, 0.05) is 24.3 Å². The van der Waals surface area contributed by atoms with Gasteiger partial charge in [-0.1, -0.05) is 6.92 Å². The normalized spacial score (nSPS) is 21.0. The molecule has 1 aliphatic heterocycles. The number of methoxy groups -OCH3 is 2. The number of benzene rings is 1. The molecule has 1 atom stereocenters. The van der Waals surface area contributed by atoms with Gasteiger partial charge in [0.05, 0.1) is 14.2 Å².